The first kappa shape index (κ1) is 23.3. The Bertz CT molecular complexity index is 1010. The van der Waals surface area contributed by atoms with E-state index in [4.69, 9.17) is 25.8 Å². The molecule has 3 aromatic rings. The molecule has 0 aliphatic carbocycles. The van der Waals surface area contributed by atoms with Gasteiger partial charge in [0.2, 0.25) is 0 Å². The summed E-state index contributed by atoms with van der Waals surface area (Å²) in [6.07, 6.45) is -0.143. The van der Waals surface area contributed by atoms with Gasteiger partial charge in [-0.25, -0.2) is 9.78 Å². The van der Waals surface area contributed by atoms with Crippen molar-refractivity contribution in [2.75, 3.05) is 13.7 Å². The van der Waals surface area contributed by atoms with Crippen LogP contribution in [0, 0.1) is 13.8 Å². The van der Waals surface area contributed by atoms with Crippen molar-refractivity contribution in [1.82, 2.24) is 4.98 Å². The van der Waals surface area contributed by atoms with Crippen LogP contribution in [-0.2, 0) is 27.3 Å². The van der Waals surface area contributed by atoms with Crippen molar-refractivity contribution >= 4 is 28.9 Å². The van der Waals surface area contributed by atoms with Gasteiger partial charge in [-0.2, -0.15) is 0 Å². The molecule has 1 heterocycles. The van der Waals surface area contributed by atoms with Gasteiger partial charge < -0.3 is 14.2 Å². The number of esters is 1. The van der Waals surface area contributed by atoms with Crippen LogP contribution < -0.4 is 4.74 Å². The molecule has 31 heavy (non-hydrogen) atoms. The molecule has 0 radical (unpaired) electrons. The number of methoxy groups -OCH3 is 1. The third kappa shape index (κ3) is 6.06. The highest BCUT2D eigenvalue weighted by molar-refractivity contribution is 7.13. The second-order valence-corrected chi connectivity index (χ2v) is 8.44. The lowest BCUT2D eigenvalue weighted by Crippen LogP contribution is -2.28. The number of rotatable bonds is 9. The topological polar surface area (TPSA) is 57.7 Å². The van der Waals surface area contributed by atoms with Crippen LogP contribution in [0.4, 0.5) is 0 Å². The summed E-state index contributed by atoms with van der Waals surface area (Å²) in [7, 11) is 1.38. The fraction of sp³-hybridized carbons (Fsp3) is 0.333. The van der Waals surface area contributed by atoms with E-state index < -0.39 is 6.10 Å². The van der Waals surface area contributed by atoms with E-state index in [-0.39, 0.29) is 5.97 Å². The van der Waals surface area contributed by atoms with Gasteiger partial charge in [0.15, 0.2) is 6.10 Å². The zero-order valence-corrected chi connectivity index (χ0v) is 19.7. The third-order valence-electron chi connectivity index (χ3n) is 4.92. The minimum atomic E-state index is -0.611. The van der Waals surface area contributed by atoms with Crippen molar-refractivity contribution < 1.29 is 19.0 Å². The Morgan fingerprint density at radius 2 is 1.84 bits per heavy atom. The number of aryl methyl sites for hydroxylation is 2. The maximum absolute atomic E-state index is 12.0. The maximum Gasteiger partial charge on any atom is 0.335 e. The predicted molar refractivity (Wildman–Crippen MR) is 124 cm³/mol. The monoisotopic (exact) mass is 459 g/mol. The maximum atomic E-state index is 12.0. The first-order valence-electron chi connectivity index (χ1n) is 10.0. The number of hydrogen-bond acceptors (Lipinski definition) is 6. The van der Waals surface area contributed by atoms with Crippen LogP contribution in [0.5, 0.6) is 5.75 Å². The molecule has 0 bridgehead atoms. The fourth-order valence-electron chi connectivity index (χ4n) is 3.34. The minimum absolute atomic E-state index is 0.360. The number of carbonyl (C=O) groups is 1. The molecule has 0 saturated heterocycles. The van der Waals surface area contributed by atoms with Crippen molar-refractivity contribution in [3.8, 4) is 16.3 Å². The Kier molecular flexibility index (Phi) is 8.07. The highest BCUT2D eigenvalue weighted by atomic mass is 35.5. The van der Waals surface area contributed by atoms with Crippen LogP contribution in [0.25, 0.3) is 10.6 Å². The highest BCUT2D eigenvalue weighted by Gasteiger charge is 2.22. The lowest BCUT2D eigenvalue weighted by molar-refractivity contribution is -0.153. The van der Waals surface area contributed by atoms with E-state index in [2.05, 4.69) is 4.98 Å². The van der Waals surface area contributed by atoms with Crippen LogP contribution in [0.15, 0.2) is 41.8 Å². The summed E-state index contributed by atoms with van der Waals surface area (Å²) >= 11 is 7.53. The number of halogens is 1. The summed E-state index contributed by atoms with van der Waals surface area (Å²) in [5.74, 6) is 0.409. The van der Waals surface area contributed by atoms with Gasteiger partial charge >= 0.3 is 5.97 Å². The van der Waals surface area contributed by atoms with Crippen LogP contribution in [-0.4, -0.2) is 30.8 Å². The van der Waals surface area contributed by atoms with Crippen LogP contribution in [0.1, 0.15) is 29.3 Å². The smallest absolute Gasteiger partial charge is 0.335 e. The summed E-state index contributed by atoms with van der Waals surface area (Å²) < 4.78 is 16.4. The zero-order chi connectivity index (χ0) is 22.4. The molecule has 0 spiro atoms. The Hall–Kier alpha value is -2.41. The first-order valence-corrected chi connectivity index (χ1v) is 11.3. The Morgan fingerprint density at radius 3 is 2.45 bits per heavy atom. The van der Waals surface area contributed by atoms with Gasteiger partial charge in [0.1, 0.15) is 17.4 Å². The minimum Gasteiger partial charge on any atom is -0.487 e. The van der Waals surface area contributed by atoms with Gasteiger partial charge in [0.05, 0.1) is 12.8 Å². The normalized spacial score (nSPS) is 11.9. The largest absolute Gasteiger partial charge is 0.487 e. The second-order valence-electron chi connectivity index (χ2n) is 7.15. The molecule has 0 saturated carbocycles. The molecule has 0 unspecified atom stereocenters. The van der Waals surface area contributed by atoms with E-state index in [1.54, 1.807) is 11.3 Å². The molecule has 7 heteroatoms. The van der Waals surface area contributed by atoms with E-state index >= 15 is 0 Å². The Labute approximate surface area is 191 Å². The predicted octanol–water partition coefficient (Wildman–Crippen LogP) is 5.78. The van der Waals surface area contributed by atoms with Gasteiger partial charge in [-0.3, -0.25) is 0 Å². The average molecular weight is 460 g/mol. The molecular formula is C24H26ClNO4S. The summed E-state index contributed by atoms with van der Waals surface area (Å²) in [6, 6.07) is 11.6. The standard InChI is InChI=1S/C24H26ClNO4S/c1-5-29-22(24(27)28-4)12-21-15(2)10-20(11-16(21)3)30-13-19-14-31-23(26-19)17-6-8-18(25)9-7-17/h6-11,14,22H,5,12-13H2,1-4H3/t22-/m0/s1. The summed E-state index contributed by atoms with van der Waals surface area (Å²) in [5.41, 5.74) is 5.06. The number of hydrogen-bond donors (Lipinski definition) is 0. The van der Waals surface area contributed by atoms with Crippen molar-refractivity contribution in [1.29, 1.82) is 0 Å². The number of aromatic nitrogens is 1. The van der Waals surface area contributed by atoms with Crippen molar-refractivity contribution in [3.63, 3.8) is 0 Å². The summed E-state index contributed by atoms with van der Waals surface area (Å²) in [5, 5.41) is 3.64. The number of carbonyl (C=O) groups excluding carboxylic acids is 1. The van der Waals surface area contributed by atoms with Crippen molar-refractivity contribution in [3.05, 3.63) is 69.2 Å². The Morgan fingerprint density at radius 1 is 1.16 bits per heavy atom. The molecule has 0 aliphatic heterocycles. The lowest BCUT2D eigenvalue weighted by atomic mass is 9.97. The average Bonchev–Trinajstić information content (AvgIpc) is 3.23. The molecule has 1 aromatic heterocycles. The van der Waals surface area contributed by atoms with Gasteiger partial charge in [-0.05, 0) is 61.7 Å². The van der Waals surface area contributed by atoms with Crippen LogP contribution >= 0.6 is 22.9 Å². The lowest BCUT2D eigenvalue weighted by Gasteiger charge is -2.18. The molecule has 0 aliphatic rings. The van der Waals surface area contributed by atoms with Gasteiger partial charge in [-0.1, -0.05) is 23.7 Å². The molecule has 164 valence electrons. The molecule has 0 amide bonds. The van der Waals surface area contributed by atoms with Crippen LogP contribution in [0.2, 0.25) is 5.02 Å². The van der Waals surface area contributed by atoms with E-state index in [1.165, 1.54) is 7.11 Å². The van der Waals surface area contributed by atoms with E-state index in [0.717, 1.165) is 38.7 Å². The van der Waals surface area contributed by atoms with Crippen molar-refractivity contribution in [2.24, 2.45) is 0 Å². The molecule has 5 nitrogen and oxygen atoms in total. The molecule has 0 fully saturated rings. The summed E-state index contributed by atoms with van der Waals surface area (Å²) in [4.78, 5) is 16.7. The quantitative estimate of drug-likeness (QED) is 0.379. The van der Waals surface area contributed by atoms with E-state index in [9.17, 15) is 4.79 Å². The summed E-state index contributed by atoms with van der Waals surface area (Å²) in [6.45, 7) is 6.72. The first-order chi connectivity index (χ1) is 14.9. The number of benzene rings is 2. The number of thiazole rings is 1. The molecule has 1 atom stereocenters. The van der Waals surface area contributed by atoms with Gasteiger partial charge in [-0.15, -0.1) is 11.3 Å². The number of nitrogens with zero attached hydrogens (tertiary/aromatic N) is 1. The van der Waals surface area contributed by atoms with Crippen molar-refractivity contribution in [2.45, 2.75) is 39.9 Å². The zero-order valence-electron chi connectivity index (χ0n) is 18.1. The fourth-order valence-corrected chi connectivity index (χ4v) is 4.28. The molecular weight excluding hydrogens is 434 g/mol. The highest BCUT2D eigenvalue weighted by Crippen LogP contribution is 2.27. The second kappa shape index (κ2) is 10.8. The van der Waals surface area contributed by atoms with Gasteiger partial charge in [0, 0.05) is 29.0 Å². The molecule has 2 aromatic carbocycles. The van der Waals surface area contributed by atoms with E-state index in [0.29, 0.717) is 24.7 Å². The third-order valence-corrected chi connectivity index (χ3v) is 6.11. The van der Waals surface area contributed by atoms with E-state index in [1.807, 2.05) is 62.5 Å². The molecule has 0 N–H and O–H groups in total. The SMILES string of the molecule is CCO[C@@H](Cc1c(C)cc(OCc2csc(-c3ccc(Cl)cc3)n2)cc1C)C(=O)OC. The van der Waals surface area contributed by atoms with Gasteiger partial charge in [0.25, 0.3) is 0 Å². The number of ether oxygens (including phenoxy) is 3. The van der Waals surface area contributed by atoms with Crippen LogP contribution in [0.3, 0.4) is 0 Å². The molecule has 3 rings (SSSR count). The Balaban J connectivity index is 1.68.